The first-order valence-corrected chi connectivity index (χ1v) is 10.8. The van der Waals surface area contributed by atoms with Crippen LogP contribution in [-0.4, -0.2) is 62.0 Å². The van der Waals surface area contributed by atoms with Gasteiger partial charge in [0.15, 0.2) is 0 Å². The van der Waals surface area contributed by atoms with E-state index in [9.17, 15) is 9.59 Å². The van der Waals surface area contributed by atoms with Gasteiger partial charge in [-0.1, -0.05) is 25.5 Å². The third kappa shape index (κ3) is 5.71. The molecule has 2 N–H and O–H groups in total. The summed E-state index contributed by atoms with van der Waals surface area (Å²) in [5.74, 6) is 0.126. The van der Waals surface area contributed by atoms with Crippen molar-refractivity contribution in [3.8, 4) is 0 Å². The van der Waals surface area contributed by atoms with Gasteiger partial charge in [0.1, 0.15) is 0 Å². The van der Waals surface area contributed by atoms with Crippen LogP contribution in [0.1, 0.15) is 55.8 Å². The Labute approximate surface area is 168 Å². The lowest BCUT2D eigenvalue weighted by Crippen LogP contribution is -2.45. The van der Waals surface area contributed by atoms with Crippen LogP contribution in [0.2, 0.25) is 0 Å². The molecule has 2 fully saturated rings. The number of hydrogen-bond acceptors (Lipinski definition) is 4. The number of para-hydroxylation sites is 1. The number of carbonyl (C=O) groups is 2. The number of piperidine rings is 2. The number of amides is 2. The predicted molar refractivity (Wildman–Crippen MR) is 113 cm³/mol. The summed E-state index contributed by atoms with van der Waals surface area (Å²) in [6.45, 7) is 7.50. The van der Waals surface area contributed by atoms with Crippen LogP contribution in [-0.2, 0) is 4.79 Å². The van der Waals surface area contributed by atoms with Crippen LogP contribution in [0.3, 0.4) is 0 Å². The molecule has 1 aromatic carbocycles. The van der Waals surface area contributed by atoms with E-state index >= 15 is 0 Å². The van der Waals surface area contributed by atoms with E-state index in [0.29, 0.717) is 13.0 Å². The van der Waals surface area contributed by atoms with E-state index in [1.54, 1.807) is 0 Å². The van der Waals surface area contributed by atoms with E-state index in [1.165, 1.54) is 19.3 Å². The van der Waals surface area contributed by atoms with Gasteiger partial charge in [-0.3, -0.25) is 9.59 Å². The number of nitrogens with one attached hydrogen (secondary N) is 2. The maximum Gasteiger partial charge on any atom is 0.253 e. The molecule has 6 nitrogen and oxygen atoms in total. The second-order valence-electron chi connectivity index (χ2n) is 7.86. The summed E-state index contributed by atoms with van der Waals surface area (Å²) in [4.78, 5) is 29.1. The predicted octanol–water partition coefficient (Wildman–Crippen LogP) is 2.40. The lowest BCUT2D eigenvalue weighted by molar-refractivity contribution is -0.121. The Kier molecular flexibility index (Phi) is 7.71. The Morgan fingerprint density at radius 3 is 2.46 bits per heavy atom. The van der Waals surface area contributed by atoms with E-state index in [-0.39, 0.29) is 17.9 Å². The van der Waals surface area contributed by atoms with Crippen molar-refractivity contribution in [1.82, 2.24) is 15.5 Å². The van der Waals surface area contributed by atoms with Crippen molar-refractivity contribution in [1.29, 1.82) is 0 Å². The second-order valence-corrected chi connectivity index (χ2v) is 7.86. The van der Waals surface area contributed by atoms with Crippen molar-refractivity contribution in [2.75, 3.05) is 44.2 Å². The summed E-state index contributed by atoms with van der Waals surface area (Å²) >= 11 is 0. The molecule has 3 rings (SSSR count). The van der Waals surface area contributed by atoms with E-state index in [4.69, 9.17) is 0 Å². The van der Waals surface area contributed by atoms with E-state index in [0.717, 1.165) is 56.8 Å². The van der Waals surface area contributed by atoms with Gasteiger partial charge in [0, 0.05) is 44.3 Å². The topological polar surface area (TPSA) is 64.7 Å². The molecule has 0 spiro atoms. The molecule has 2 aliphatic heterocycles. The van der Waals surface area contributed by atoms with Gasteiger partial charge in [0.2, 0.25) is 5.91 Å². The van der Waals surface area contributed by atoms with E-state index in [2.05, 4.69) is 20.4 Å². The van der Waals surface area contributed by atoms with Crippen LogP contribution in [0.25, 0.3) is 0 Å². The van der Waals surface area contributed by atoms with E-state index in [1.807, 2.05) is 31.2 Å². The fraction of sp³-hybridized carbons (Fsp3) is 0.636. The number of nitrogens with zero attached hydrogens (tertiary/aromatic N) is 2. The van der Waals surface area contributed by atoms with Gasteiger partial charge in [-0.05, 0) is 50.9 Å². The molecule has 0 bridgehead atoms. The lowest BCUT2D eigenvalue weighted by Gasteiger charge is -2.35. The highest BCUT2D eigenvalue weighted by atomic mass is 16.2. The summed E-state index contributed by atoms with van der Waals surface area (Å²) in [7, 11) is 0. The highest BCUT2D eigenvalue weighted by Gasteiger charge is 2.23. The second kappa shape index (κ2) is 10.5. The van der Waals surface area contributed by atoms with Crippen LogP contribution < -0.4 is 15.5 Å². The number of rotatable bonds is 7. The molecule has 2 saturated heterocycles. The summed E-state index contributed by atoms with van der Waals surface area (Å²) in [5, 5.41) is 6.19. The van der Waals surface area contributed by atoms with E-state index < -0.39 is 0 Å². The Morgan fingerprint density at radius 1 is 1.04 bits per heavy atom. The molecule has 1 aromatic rings. The standard InChI is InChI=1S/C22H34N4O2/c1-2-21(27)24-18-10-15-26(16-11-18)20-9-5-4-8-19(20)22(28)23-12-17-25-13-6-3-7-14-25/h4-5,8-9,18H,2-3,6-7,10-17H2,1H3,(H,23,28)(H,24,27). The van der Waals surface area contributed by atoms with Crippen LogP contribution in [0.15, 0.2) is 24.3 Å². The minimum atomic E-state index is 0.00835. The van der Waals surface area contributed by atoms with Crippen LogP contribution in [0, 0.1) is 0 Å². The van der Waals surface area contributed by atoms with Crippen molar-refractivity contribution in [3.63, 3.8) is 0 Å². The molecule has 6 heteroatoms. The van der Waals surface area contributed by atoms with Crippen LogP contribution in [0.5, 0.6) is 0 Å². The third-order valence-electron chi connectivity index (χ3n) is 5.83. The Morgan fingerprint density at radius 2 is 1.75 bits per heavy atom. The molecule has 2 heterocycles. The fourth-order valence-electron chi connectivity index (χ4n) is 4.14. The van der Waals surface area contributed by atoms with Crippen molar-refractivity contribution < 1.29 is 9.59 Å². The normalized spacial score (nSPS) is 18.7. The Hall–Kier alpha value is -2.08. The molecule has 28 heavy (non-hydrogen) atoms. The van der Waals surface area contributed by atoms with Gasteiger partial charge < -0.3 is 20.4 Å². The molecule has 2 amide bonds. The summed E-state index contributed by atoms with van der Waals surface area (Å²) in [6, 6.07) is 8.11. The first-order valence-electron chi connectivity index (χ1n) is 10.8. The fourth-order valence-corrected chi connectivity index (χ4v) is 4.14. The molecule has 0 radical (unpaired) electrons. The maximum absolute atomic E-state index is 12.8. The highest BCUT2D eigenvalue weighted by molar-refractivity contribution is 5.99. The van der Waals surface area contributed by atoms with Gasteiger partial charge in [-0.25, -0.2) is 0 Å². The zero-order valence-electron chi connectivity index (χ0n) is 17.1. The van der Waals surface area contributed by atoms with Crippen molar-refractivity contribution in [2.45, 2.75) is 51.5 Å². The largest absolute Gasteiger partial charge is 0.371 e. The minimum absolute atomic E-state index is 0.00835. The first kappa shape index (κ1) is 20.6. The number of likely N-dealkylation sites (tertiary alicyclic amines) is 1. The zero-order chi connectivity index (χ0) is 19.8. The molecule has 154 valence electrons. The molecule has 0 atom stereocenters. The first-order chi connectivity index (χ1) is 13.7. The Balaban J connectivity index is 1.52. The number of benzene rings is 1. The average Bonchev–Trinajstić information content (AvgIpc) is 2.75. The molecule has 2 aliphatic rings. The van der Waals surface area contributed by atoms with Gasteiger partial charge in [-0.15, -0.1) is 0 Å². The maximum atomic E-state index is 12.8. The SMILES string of the molecule is CCC(=O)NC1CCN(c2ccccc2C(=O)NCCN2CCCCC2)CC1. The molecule has 0 aromatic heterocycles. The molecule has 0 saturated carbocycles. The molecule has 0 unspecified atom stereocenters. The number of carbonyl (C=O) groups excluding carboxylic acids is 2. The summed E-state index contributed by atoms with van der Waals surface area (Å²) in [5.41, 5.74) is 1.75. The zero-order valence-corrected chi connectivity index (χ0v) is 17.1. The third-order valence-corrected chi connectivity index (χ3v) is 5.83. The monoisotopic (exact) mass is 386 g/mol. The minimum Gasteiger partial charge on any atom is -0.371 e. The number of hydrogen-bond donors (Lipinski definition) is 2. The van der Waals surface area contributed by atoms with Gasteiger partial charge in [0.25, 0.3) is 5.91 Å². The molecular weight excluding hydrogens is 352 g/mol. The van der Waals surface area contributed by atoms with Crippen molar-refractivity contribution >= 4 is 17.5 Å². The summed E-state index contributed by atoms with van der Waals surface area (Å²) in [6.07, 6.45) is 6.22. The highest BCUT2D eigenvalue weighted by Crippen LogP contribution is 2.24. The molecular formula is C22H34N4O2. The van der Waals surface area contributed by atoms with Crippen molar-refractivity contribution in [3.05, 3.63) is 29.8 Å². The number of anilines is 1. The van der Waals surface area contributed by atoms with Gasteiger partial charge in [0.05, 0.1) is 5.56 Å². The summed E-state index contributed by atoms with van der Waals surface area (Å²) < 4.78 is 0. The van der Waals surface area contributed by atoms with Crippen LogP contribution >= 0.6 is 0 Å². The average molecular weight is 387 g/mol. The lowest BCUT2D eigenvalue weighted by atomic mass is 10.0. The van der Waals surface area contributed by atoms with Crippen LogP contribution in [0.4, 0.5) is 5.69 Å². The molecule has 0 aliphatic carbocycles. The smallest absolute Gasteiger partial charge is 0.253 e. The van der Waals surface area contributed by atoms with Gasteiger partial charge in [-0.2, -0.15) is 0 Å². The van der Waals surface area contributed by atoms with Gasteiger partial charge >= 0.3 is 0 Å². The van der Waals surface area contributed by atoms with Crippen molar-refractivity contribution in [2.24, 2.45) is 0 Å². The Bertz CT molecular complexity index is 650. The quantitative estimate of drug-likeness (QED) is 0.755.